The van der Waals surface area contributed by atoms with Gasteiger partial charge in [-0.05, 0) is 36.4 Å². The molecule has 33 heavy (non-hydrogen) atoms. The van der Waals surface area contributed by atoms with Gasteiger partial charge in [0.15, 0.2) is 0 Å². The maximum Gasteiger partial charge on any atom is 0.430 e. The van der Waals surface area contributed by atoms with E-state index in [-0.39, 0.29) is 28.6 Å². The van der Waals surface area contributed by atoms with Crippen LogP contribution in [0.4, 0.5) is 24.5 Å². The Morgan fingerprint density at radius 2 is 1.61 bits per heavy atom. The quantitative estimate of drug-likeness (QED) is 0.406. The molecule has 0 aliphatic rings. The number of aliphatic imine (C=N–C) groups is 1. The fourth-order valence-corrected chi connectivity index (χ4v) is 3.03. The lowest BCUT2D eigenvalue weighted by atomic mass is 10.1. The van der Waals surface area contributed by atoms with Crippen LogP contribution in [0.2, 0.25) is 5.02 Å². The van der Waals surface area contributed by atoms with Gasteiger partial charge in [0.1, 0.15) is 5.70 Å². The molecule has 0 radical (unpaired) electrons. The van der Waals surface area contributed by atoms with E-state index >= 15 is 0 Å². The smallest absolute Gasteiger partial charge is 0.395 e. The Hall–Kier alpha value is -3.62. The molecule has 0 aromatic heterocycles. The van der Waals surface area contributed by atoms with Gasteiger partial charge in [-0.15, -0.1) is 0 Å². The van der Waals surface area contributed by atoms with Gasteiger partial charge in [-0.1, -0.05) is 54.1 Å². The van der Waals surface area contributed by atoms with E-state index in [2.05, 4.69) is 10.3 Å². The van der Waals surface area contributed by atoms with Gasteiger partial charge >= 0.3 is 6.18 Å². The summed E-state index contributed by atoms with van der Waals surface area (Å²) in [6.07, 6.45) is -4.02. The number of nitrogens with two attached hydrogens (primary N) is 1. The predicted molar refractivity (Wildman–Crippen MR) is 123 cm³/mol. The highest BCUT2D eigenvalue weighted by molar-refractivity contribution is 6.33. The number of alkyl halides is 3. The zero-order valence-corrected chi connectivity index (χ0v) is 17.9. The average molecular weight is 474 g/mol. The summed E-state index contributed by atoms with van der Waals surface area (Å²) >= 11 is 6.10. The summed E-state index contributed by atoms with van der Waals surface area (Å²) in [5.41, 5.74) is 5.64. The van der Waals surface area contributed by atoms with Gasteiger partial charge in [0.05, 0.1) is 23.0 Å². The van der Waals surface area contributed by atoms with Crippen LogP contribution in [0.25, 0.3) is 0 Å². The number of halogens is 4. The first kappa shape index (κ1) is 24.0. The second-order valence-electron chi connectivity index (χ2n) is 6.89. The topological polar surface area (TPSA) is 87.7 Å². The molecule has 0 fully saturated rings. The third-order valence-electron chi connectivity index (χ3n) is 4.59. The number of aliphatic hydroxyl groups excluding tert-OH is 1. The van der Waals surface area contributed by atoms with E-state index in [0.717, 1.165) is 6.08 Å². The first-order valence-electron chi connectivity index (χ1n) is 9.67. The third kappa shape index (κ3) is 6.21. The second kappa shape index (κ2) is 10.3. The van der Waals surface area contributed by atoms with Crippen LogP contribution in [-0.2, 0) is 6.61 Å². The van der Waals surface area contributed by atoms with E-state index < -0.39 is 17.8 Å². The molecule has 0 saturated heterocycles. The van der Waals surface area contributed by atoms with Crippen LogP contribution in [0.5, 0.6) is 0 Å². The molecular formula is C24H19ClF3N3O2. The monoisotopic (exact) mass is 473 g/mol. The zero-order valence-electron chi connectivity index (χ0n) is 17.1. The molecule has 170 valence electrons. The largest absolute Gasteiger partial charge is 0.430 e. The number of amides is 1. The number of rotatable bonds is 6. The van der Waals surface area contributed by atoms with E-state index in [4.69, 9.17) is 17.3 Å². The van der Waals surface area contributed by atoms with Crippen molar-refractivity contribution in [2.75, 3.05) is 5.32 Å². The minimum absolute atomic E-state index is 0.0736. The van der Waals surface area contributed by atoms with Crippen LogP contribution in [-0.4, -0.2) is 22.9 Å². The molecule has 0 saturated carbocycles. The SMILES string of the molecule is NC(=CC(=Nc1ccccc1Cl)c1ccc(C(=O)Nc2ccccc2CO)cc1)C(F)(F)F. The molecule has 4 N–H and O–H groups in total. The predicted octanol–water partition coefficient (Wildman–Crippen LogP) is 5.61. The van der Waals surface area contributed by atoms with Crippen LogP contribution in [0.3, 0.4) is 0 Å². The van der Waals surface area contributed by atoms with Crippen LogP contribution >= 0.6 is 11.6 Å². The number of para-hydroxylation sites is 2. The minimum atomic E-state index is -4.73. The number of benzene rings is 3. The number of anilines is 1. The van der Waals surface area contributed by atoms with E-state index in [1.807, 2.05) is 0 Å². The molecule has 3 rings (SSSR count). The summed E-state index contributed by atoms with van der Waals surface area (Å²) in [7, 11) is 0. The standard InChI is InChI=1S/C24H19ClF3N3O2/c25-18-6-2-4-8-20(18)30-21(13-22(29)24(26,27)28)15-9-11-16(12-10-15)23(33)31-19-7-3-1-5-17(19)14-32/h1-13,32H,14,29H2,(H,31,33). The van der Waals surface area contributed by atoms with Crippen LogP contribution in [0.15, 0.2) is 89.6 Å². The number of hydrogen-bond acceptors (Lipinski definition) is 4. The van der Waals surface area contributed by atoms with Gasteiger partial charge in [0, 0.05) is 22.4 Å². The highest BCUT2D eigenvalue weighted by atomic mass is 35.5. The average Bonchev–Trinajstić information content (AvgIpc) is 2.79. The fourth-order valence-electron chi connectivity index (χ4n) is 2.85. The molecular weight excluding hydrogens is 455 g/mol. The Bertz CT molecular complexity index is 1210. The molecule has 0 aliphatic carbocycles. The van der Waals surface area contributed by atoms with Gasteiger partial charge in [-0.2, -0.15) is 13.2 Å². The summed E-state index contributed by atoms with van der Waals surface area (Å²) in [6, 6.07) is 19.0. The lowest BCUT2D eigenvalue weighted by Crippen LogP contribution is -2.21. The number of carbonyl (C=O) groups is 1. The number of hydrogen-bond donors (Lipinski definition) is 3. The summed E-state index contributed by atoms with van der Waals surface area (Å²) < 4.78 is 39.1. The normalized spacial score (nSPS) is 12.5. The van der Waals surface area contributed by atoms with E-state index in [0.29, 0.717) is 16.8 Å². The van der Waals surface area contributed by atoms with Crippen molar-refractivity contribution in [1.29, 1.82) is 0 Å². The highest BCUT2D eigenvalue weighted by Gasteiger charge is 2.31. The Morgan fingerprint density at radius 3 is 2.24 bits per heavy atom. The third-order valence-corrected chi connectivity index (χ3v) is 4.91. The fraction of sp³-hybridized carbons (Fsp3) is 0.0833. The molecule has 1 amide bonds. The van der Waals surface area contributed by atoms with E-state index in [1.165, 1.54) is 24.3 Å². The highest BCUT2D eigenvalue weighted by Crippen LogP contribution is 2.27. The maximum atomic E-state index is 13.0. The maximum absolute atomic E-state index is 13.0. The first-order chi connectivity index (χ1) is 15.7. The Balaban J connectivity index is 1.94. The van der Waals surface area contributed by atoms with Crippen molar-refractivity contribution in [1.82, 2.24) is 0 Å². The molecule has 0 heterocycles. The van der Waals surface area contributed by atoms with Crippen LogP contribution in [0, 0.1) is 0 Å². The lowest BCUT2D eigenvalue weighted by molar-refractivity contribution is -0.0925. The summed E-state index contributed by atoms with van der Waals surface area (Å²) in [4.78, 5) is 16.8. The Labute approximate surface area is 193 Å². The van der Waals surface area contributed by atoms with Crippen LogP contribution in [0.1, 0.15) is 21.5 Å². The van der Waals surface area contributed by atoms with Gasteiger partial charge < -0.3 is 16.2 Å². The molecule has 0 aliphatic heterocycles. The van der Waals surface area contributed by atoms with Crippen LogP contribution < -0.4 is 11.1 Å². The van der Waals surface area contributed by atoms with E-state index in [1.54, 1.807) is 48.5 Å². The minimum Gasteiger partial charge on any atom is -0.395 e. The van der Waals surface area contributed by atoms with Crippen molar-refractivity contribution in [2.24, 2.45) is 10.7 Å². The van der Waals surface area contributed by atoms with Crippen molar-refractivity contribution in [3.63, 3.8) is 0 Å². The zero-order chi connectivity index (χ0) is 24.0. The number of nitrogens with zero attached hydrogens (tertiary/aromatic N) is 1. The second-order valence-corrected chi connectivity index (χ2v) is 7.30. The Kier molecular flexibility index (Phi) is 7.52. The van der Waals surface area contributed by atoms with Gasteiger partial charge in [-0.25, -0.2) is 4.99 Å². The molecule has 3 aromatic rings. The summed E-state index contributed by atoms with van der Waals surface area (Å²) in [6.45, 7) is -0.246. The number of allylic oxidation sites excluding steroid dienone is 2. The number of carbonyl (C=O) groups excluding carboxylic acids is 1. The summed E-state index contributed by atoms with van der Waals surface area (Å²) in [5, 5.41) is 12.4. The van der Waals surface area contributed by atoms with Crippen molar-refractivity contribution in [3.8, 4) is 0 Å². The van der Waals surface area contributed by atoms with Crippen molar-refractivity contribution >= 4 is 34.6 Å². The van der Waals surface area contributed by atoms with Gasteiger partial charge in [-0.3, -0.25) is 4.79 Å². The van der Waals surface area contributed by atoms with Gasteiger partial charge in [0.2, 0.25) is 0 Å². The lowest BCUT2D eigenvalue weighted by Gasteiger charge is -2.11. The molecule has 3 aromatic carbocycles. The van der Waals surface area contributed by atoms with Crippen molar-refractivity contribution in [2.45, 2.75) is 12.8 Å². The molecule has 9 heteroatoms. The molecule has 0 bridgehead atoms. The molecule has 0 atom stereocenters. The molecule has 0 spiro atoms. The number of aliphatic hydroxyl groups is 1. The molecule has 5 nitrogen and oxygen atoms in total. The van der Waals surface area contributed by atoms with Gasteiger partial charge in [0.25, 0.3) is 5.91 Å². The Morgan fingerprint density at radius 1 is 1.00 bits per heavy atom. The van der Waals surface area contributed by atoms with Crippen molar-refractivity contribution < 1.29 is 23.1 Å². The molecule has 0 unspecified atom stereocenters. The van der Waals surface area contributed by atoms with Crippen molar-refractivity contribution in [3.05, 3.63) is 106 Å². The summed E-state index contributed by atoms with van der Waals surface area (Å²) in [5.74, 6) is -0.447. The first-order valence-corrected chi connectivity index (χ1v) is 10.0. The number of nitrogens with one attached hydrogen (secondary N) is 1. The van der Waals surface area contributed by atoms with E-state index in [9.17, 15) is 23.1 Å².